The molecular weight excluding hydrogens is 228 g/mol. The summed E-state index contributed by atoms with van der Waals surface area (Å²) < 4.78 is 5.25. The van der Waals surface area contributed by atoms with E-state index in [9.17, 15) is 4.79 Å². The van der Waals surface area contributed by atoms with Gasteiger partial charge < -0.3 is 10.1 Å². The first kappa shape index (κ1) is 11.2. The van der Waals surface area contributed by atoms with Gasteiger partial charge in [0, 0.05) is 18.2 Å². The van der Waals surface area contributed by atoms with E-state index in [0.717, 1.165) is 17.2 Å². The zero-order chi connectivity index (χ0) is 12.4. The van der Waals surface area contributed by atoms with E-state index in [1.54, 1.807) is 6.20 Å². The number of amides is 1. The summed E-state index contributed by atoms with van der Waals surface area (Å²) in [6, 6.07) is 9.78. The highest BCUT2D eigenvalue weighted by atomic mass is 16.5. The van der Waals surface area contributed by atoms with Crippen LogP contribution in [0.3, 0.4) is 0 Å². The third kappa shape index (κ3) is 2.07. The van der Waals surface area contributed by atoms with Crippen LogP contribution in [-0.4, -0.2) is 30.1 Å². The number of carbonyl (C=O) groups excluding carboxylic acids is 1. The Bertz CT molecular complexity index is 572. The molecule has 1 fully saturated rings. The molecule has 2 heterocycles. The van der Waals surface area contributed by atoms with Crippen LogP contribution >= 0.6 is 0 Å². The van der Waals surface area contributed by atoms with E-state index in [1.807, 2.05) is 30.3 Å². The van der Waals surface area contributed by atoms with Crippen molar-refractivity contribution < 1.29 is 9.53 Å². The fourth-order valence-corrected chi connectivity index (χ4v) is 2.20. The van der Waals surface area contributed by atoms with Gasteiger partial charge >= 0.3 is 0 Å². The Kier molecular flexibility index (Phi) is 2.94. The fraction of sp³-hybridized carbons (Fsp3) is 0.286. The molecule has 1 aliphatic heterocycles. The predicted octanol–water partition coefficient (Wildman–Crippen LogP) is 1.75. The molecule has 3 rings (SSSR count). The first-order chi connectivity index (χ1) is 8.84. The lowest BCUT2D eigenvalue weighted by Gasteiger charge is -2.11. The van der Waals surface area contributed by atoms with Crippen LogP contribution in [-0.2, 0) is 4.74 Å². The maximum atomic E-state index is 12.2. The number of fused-ring (bicyclic) bond motifs is 1. The molecule has 1 N–H and O–H groups in total. The molecule has 1 aromatic heterocycles. The molecule has 1 amide bonds. The number of nitrogens with one attached hydrogen (secondary N) is 1. The topological polar surface area (TPSA) is 51.2 Å². The van der Waals surface area contributed by atoms with Gasteiger partial charge in [-0.3, -0.25) is 9.78 Å². The lowest BCUT2D eigenvalue weighted by molar-refractivity contribution is 0.0927. The van der Waals surface area contributed by atoms with E-state index in [-0.39, 0.29) is 11.9 Å². The summed E-state index contributed by atoms with van der Waals surface area (Å²) >= 11 is 0. The third-order valence-electron chi connectivity index (χ3n) is 3.15. The average molecular weight is 242 g/mol. The molecule has 2 aromatic rings. The predicted molar refractivity (Wildman–Crippen MR) is 68.4 cm³/mol. The van der Waals surface area contributed by atoms with Crippen LogP contribution in [0.5, 0.6) is 0 Å². The fourth-order valence-electron chi connectivity index (χ4n) is 2.20. The van der Waals surface area contributed by atoms with Crippen LogP contribution in [0.1, 0.15) is 16.9 Å². The van der Waals surface area contributed by atoms with E-state index in [2.05, 4.69) is 10.3 Å². The molecule has 0 spiro atoms. The molecule has 1 saturated heterocycles. The molecule has 1 aromatic carbocycles. The van der Waals surface area contributed by atoms with Crippen LogP contribution in [0.4, 0.5) is 0 Å². The van der Waals surface area contributed by atoms with Crippen molar-refractivity contribution >= 4 is 16.7 Å². The summed E-state index contributed by atoms with van der Waals surface area (Å²) in [4.78, 5) is 16.4. The minimum absolute atomic E-state index is 0.110. The molecule has 4 nitrogen and oxygen atoms in total. The summed E-state index contributed by atoms with van der Waals surface area (Å²) in [5.41, 5.74) is 0.486. The van der Waals surface area contributed by atoms with Gasteiger partial charge in [-0.15, -0.1) is 0 Å². The molecule has 0 bridgehead atoms. The van der Waals surface area contributed by atoms with Gasteiger partial charge in [-0.1, -0.05) is 24.3 Å². The lowest BCUT2D eigenvalue weighted by atomic mass is 10.1. The Balaban J connectivity index is 1.91. The van der Waals surface area contributed by atoms with E-state index >= 15 is 0 Å². The van der Waals surface area contributed by atoms with Gasteiger partial charge in [0.1, 0.15) is 5.69 Å². The van der Waals surface area contributed by atoms with Crippen LogP contribution in [0, 0.1) is 0 Å². The number of carbonyl (C=O) groups is 1. The molecule has 0 saturated carbocycles. The van der Waals surface area contributed by atoms with E-state index < -0.39 is 0 Å². The Morgan fingerprint density at radius 2 is 2.22 bits per heavy atom. The van der Waals surface area contributed by atoms with Crippen LogP contribution in [0.2, 0.25) is 0 Å². The van der Waals surface area contributed by atoms with Crippen molar-refractivity contribution in [2.75, 3.05) is 13.2 Å². The second-order valence-electron chi connectivity index (χ2n) is 4.41. The average Bonchev–Trinajstić information content (AvgIpc) is 2.91. The van der Waals surface area contributed by atoms with E-state index in [0.29, 0.717) is 18.9 Å². The lowest BCUT2D eigenvalue weighted by Crippen LogP contribution is -2.35. The maximum Gasteiger partial charge on any atom is 0.270 e. The minimum Gasteiger partial charge on any atom is -0.379 e. The van der Waals surface area contributed by atoms with Crippen molar-refractivity contribution in [1.29, 1.82) is 0 Å². The Morgan fingerprint density at radius 1 is 1.33 bits per heavy atom. The minimum atomic E-state index is -0.123. The Hall–Kier alpha value is -1.94. The van der Waals surface area contributed by atoms with Crippen molar-refractivity contribution in [3.63, 3.8) is 0 Å². The number of pyridine rings is 1. The highest BCUT2D eigenvalue weighted by Crippen LogP contribution is 2.16. The molecule has 0 aliphatic carbocycles. The first-order valence-electron chi connectivity index (χ1n) is 6.07. The third-order valence-corrected chi connectivity index (χ3v) is 3.15. The van der Waals surface area contributed by atoms with Crippen molar-refractivity contribution in [1.82, 2.24) is 10.3 Å². The summed E-state index contributed by atoms with van der Waals surface area (Å²) in [5, 5.41) is 4.87. The second kappa shape index (κ2) is 4.74. The largest absolute Gasteiger partial charge is 0.379 e. The van der Waals surface area contributed by atoms with Crippen molar-refractivity contribution in [3.8, 4) is 0 Å². The molecule has 92 valence electrons. The molecule has 4 heteroatoms. The normalized spacial score (nSPS) is 19.0. The number of nitrogens with zero attached hydrogens (tertiary/aromatic N) is 1. The number of hydrogen-bond donors (Lipinski definition) is 1. The number of aromatic nitrogens is 1. The molecule has 1 unspecified atom stereocenters. The summed E-state index contributed by atoms with van der Waals surface area (Å²) in [6.07, 6.45) is 2.54. The summed E-state index contributed by atoms with van der Waals surface area (Å²) in [7, 11) is 0. The van der Waals surface area contributed by atoms with Gasteiger partial charge in [-0.05, 0) is 17.9 Å². The molecule has 1 atom stereocenters. The van der Waals surface area contributed by atoms with Gasteiger partial charge in [0.15, 0.2) is 0 Å². The Labute approximate surface area is 105 Å². The van der Waals surface area contributed by atoms with Gasteiger partial charge in [-0.2, -0.15) is 0 Å². The number of rotatable bonds is 2. The SMILES string of the molecule is O=C(NC1CCOC1)c1nccc2ccccc12. The van der Waals surface area contributed by atoms with Gasteiger partial charge in [-0.25, -0.2) is 0 Å². The van der Waals surface area contributed by atoms with Crippen molar-refractivity contribution in [2.24, 2.45) is 0 Å². The van der Waals surface area contributed by atoms with E-state index in [1.165, 1.54) is 0 Å². The monoisotopic (exact) mass is 242 g/mol. The van der Waals surface area contributed by atoms with Crippen LogP contribution < -0.4 is 5.32 Å². The number of hydrogen-bond acceptors (Lipinski definition) is 3. The second-order valence-corrected chi connectivity index (χ2v) is 4.41. The highest BCUT2D eigenvalue weighted by Gasteiger charge is 2.20. The first-order valence-corrected chi connectivity index (χ1v) is 6.07. The quantitative estimate of drug-likeness (QED) is 0.873. The summed E-state index contributed by atoms with van der Waals surface area (Å²) in [5.74, 6) is -0.123. The van der Waals surface area contributed by atoms with Crippen molar-refractivity contribution in [2.45, 2.75) is 12.5 Å². The molecular formula is C14H14N2O2. The Morgan fingerprint density at radius 3 is 3.06 bits per heavy atom. The van der Waals surface area contributed by atoms with Gasteiger partial charge in [0.2, 0.25) is 0 Å². The van der Waals surface area contributed by atoms with Crippen molar-refractivity contribution in [3.05, 3.63) is 42.2 Å². The molecule has 0 radical (unpaired) electrons. The van der Waals surface area contributed by atoms with Crippen LogP contribution in [0.15, 0.2) is 36.5 Å². The molecule has 1 aliphatic rings. The summed E-state index contributed by atoms with van der Waals surface area (Å²) in [6.45, 7) is 1.31. The highest BCUT2D eigenvalue weighted by molar-refractivity contribution is 6.05. The maximum absolute atomic E-state index is 12.2. The zero-order valence-corrected chi connectivity index (χ0v) is 9.93. The number of ether oxygens (including phenoxy) is 1. The van der Waals surface area contributed by atoms with Gasteiger partial charge in [0.25, 0.3) is 5.91 Å². The van der Waals surface area contributed by atoms with Gasteiger partial charge in [0.05, 0.1) is 12.6 Å². The standard InChI is InChI=1S/C14H14N2O2/c17-14(16-11-6-8-18-9-11)13-12-4-2-1-3-10(12)5-7-15-13/h1-5,7,11H,6,8-9H2,(H,16,17). The zero-order valence-electron chi connectivity index (χ0n) is 9.93. The molecule has 18 heavy (non-hydrogen) atoms. The van der Waals surface area contributed by atoms with Crippen LogP contribution in [0.25, 0.3) is 10.8 Å². The van der Waals surface area contributed by atoms with E-state index in [4.69, 9.17) is 4.74 Å². The number of benzene rings is 1. The smallest absolute Gasteiger partial charge is 0.270 e.